The van der Waals surface area contributed by atoms with Crippen LogP contribution in [0.4, 0.5) is 0 Å². The van der Waals surface area contributed by atoms with Crippen molar-refractivity contribution in [2.75, 3.05) is 20.3 Å². The lowest BCUT2D eigenvalue weighted by atomic mass is 9.75. The molecule has 1 N–H and O–H groups in total. The van der Waals surface area contributed by atoms with Crippen molar-refractivity contribution >= 4 is 0 Å². The van der Waals surface area contributed by atoms with Crippen molar-refractivity contribution in [1.82, 2.24) is 0 Å². The van der Waals surface area contributed by atoms with E-state index in [2.05, 4.69) is 13.8 Å². The van der Waals surface area contributed by atoms with E-state index in [1.807, 2.05) is 54.6 Å². The Morgan fingerprint density at radius 2 is 1.67 bits per heavy atom. The van der Waals surface area contributed by atoms with Gasteiger partial charge in [0, 0.05) is 11.8 Å². The molecule has 0 amide bonds. The summed E-state index contributed by atoms with van der Waals surface area (Å²) in [5.41, 5.74) is 0.0662. The predicted octanol–water partition coefficient (Wildman–Crippen LogP) is 3.79. The van der Waals surface area contributed by atoms with E-state index >= 15 is 0 Å². The molecule has 5 nitrogen and oxygen atoms in total. The molecule has 2 unspecified atom stereocenters. The smallest absolute Gasteiger partial charge is 0.156 e. The van der Waals surface area contributed by atoms with E-state index in [1.54, 1.807) is 7.11 Å². The van der Waals surface area contributed by atoms with Crippen molar-refractivity contribution in [3.63, 3.8) is 0 Å². The van der Waals surface area contributed by atoms with Crippen LogP contribution in [0.25, 0.3) is 0 Å². The summed E-state index contributed by atoms with van der Waals surface area (Å²) in [5.74, 6) is 1.50. The van der Waals surface area contributed by atoms with Crippen molar-refractivity contribution < 1.29 is 24.1 Å². The van der Waals surface area contributed by atoms with Crippen LogP contribution < -0.4 is 9.47 Å². The summed E-state index contributed by atoms with van der Waals surface area (Å²) in [6, 6.07) is 17.4. The fourth-order valence-corrected chi connectivity index (χ4v) is 3.36. The normalized spacial score (nSPS) is 23.9. The Kier molecular flexibility index (Phi) is 6.05. The second-order valence-electron chi connectivity index (χ2n) is 7.60. The first-order valence-corrected chi connectivity index (χ1v) is 9.19. The Bertz CT molecular complexity index is 713. The molecule has 1 aliphatic heterocycles. The van der Waals surface area contributed by atoms with Gasteiger partial charge in [-0.05, 0) is 29.8 Å². The van der Waals surface area contributed by atoms with Crippen molar-refractivity contribution in [2.45, 2.75) is 38.8 Å². The van der Waals surface area contributed by atoms with E-state index in [-0.39, 0.29) is 12.0 Å². The lowest BCUT2D eigenvalue weighted by Crippen LogP contribution is -2.51. The molecule has 2 aromatic rings. The van der Waals surface area contributed by atoms with Crippen LogP contribution in [0.3, 0.4) is 0 Å². The minimum absolute atomic E-state index is 0.290. The quantitative estimate of drug-likeness (QED) is 0.764. The summed E-state index contributed by atoms with van der Waals surface area (Å²) in [7, 11) is 1.63. The second kappa shape index (κ2) is 8.30. The molecule has 0 spiro atoms. The zero-order valence-electron chi connectivity index (χ0n) is 16.2. The SMILES string of the molecule is COc1ccc(OCC2(COCc3ccccc3)OC(O)CC2(C)C)cc1. The lowest BCUT2D eigenvalue weighted by Gasteiger charge is -2.39. The number of ether oxygens (including phenoxy) is 4. The minimum atomic E-state index is -0.820. The van der Waals surface area contributed by atoms with Gasteiger partial charge in [-0.15, -0.1) is 0 Å². The molecule has 1 heterocycles. The molecule has 3 rings (SSSR count). The zero-order chi connectivity index (χ0) is 19.3. The van der Waals surface area contributed by atoms with Gasteiger partial charge in [0.15, 0.2) is 6.29 Å². The maximum Gasteiger partial charge on any atom is 0.156 e. The number of hydrogen-bond acceptors (Lipinski definition) is 5. The third kappa shape index (κ3) is 4.61. The van der Waals surface area contributed by atoms with Gasteiger partial charge in [-0.25, -0.2) is 0 Å². The maximum absolute atomic E-state index is 10.1. The molecule has 5 heteroatoms. The standard InChI is InChI=1S/C22H28O5/c1-21(2)13-20(23)27-22(21,15-25-14-17-7-5-4-6-8-17)16-26-19-11-9-18(24-3)10-12-19/h4-12,20,23H,13-16H2,1-3H3. The first-order chi connectivity index (χ1) is 12.9. The van der Waals surface area contributed by atoms with Crippen molar-refractivity contribution in [1.29, 1.82) is 0 Å². The number of hydrogen-bond donors (Lipinski definition) is 1. The molecule has 2 atom stereocenters. The first kappa shape index (κ1) is 19.7. The highest BCUT2D eigenvalue weighted by atomic mass is 16.7. The molecule has 146 valence electrons. The van der Waals surface area contributed by atoms with Gasteiger partial charge in [0.25, 0.3) is 0 Å². The van der Waals surface area contributed by atoms with Crippen LogP contribution in [0.1, 0.15) is 25.8 Å². The van der Waals surface area contributed by atoms with Crippen LogP contribution in [0.2, 0.25) is 0 Å². The molecule has 0 saturated carbocycles. The van der Waals surface area contributed by atoms with E-state index in [4.69, 9.17) is 18.9 Å². The van der Waals surface area contributed by atoms with Crippen LogP contribution in [0, 0.1) is 5.41 Å². The number of methoxy groups -OCH3 is 1. The highest BCUT2D eigenvalue weighted by molar-refractivity contribution is 5.31. The number of aliphatic hydroxyl groups is 1. The fourth-order valence-electron chi connectivity index (χ4n) is 3.36. The van der Waals surface area contributed by atoms with E-state index in [1.165, 1.54) is 0 Å². The monoisotopic (exact) mass is 372 g/mol. The Morgan fingerprint density at radius 3 is 2.26 bits per heavy atom. The van der Waals surface area contributed by atoms with Crippen LogP contribution in [0.15, 0.2) is 54.6 Å². The fraction of sp³-hybridized carbons (Fsp3) is 0.455. The highest BCUT2D eigenvalue weighted by Gasteiger charge is 2.55. The number of aliphatic hydroxyl groups excluding tert-OH is 1. The highest BCUT2D eigenvalue weighted by Crippen LogP contribution is 2.46. The molecule has 27 heavy (non-hydrogen) atoms. The number of rotatable bonds is 8. The Labute approximate surface area is 160 Å². The van der Waals surface area contributed by atoms with E-state index in [0.717, 1.165) is 17.1 Å². The largest absolute Gasteiger partial charge is 0.497 e. The van der Waals surface area contributed by atoms with E-state index < -0.39 is 11.9 Å². The zero-order valence-corrected chi connectivity index (χ0v) is 16.2. The van der Waals surface area contributed by atoms with Gasteiger partial charge in [0.2, 0.25) is 0 Å². The van der Waals surface area contributed by atoms with E-state index in [9.17, 15) is 5.11 Å². The van der Waals surface area contributed by atoms with Crippen molar-refractivity contribution in [3.05, 3.63) is 60.2 Å². The Morgan fingerprint density at radius 1 is 1.00 bits per heavy atom. The topological polar surface area (TPSA) is 57.2 Å². The van der Waals surface area contributed by atoms with Gasteiger partial charge in [-0.2, -0.15) is 0 Å². The van der Waals surface area contributed by atoms with Gasteiger partial charge >= 0.3 is 0 Å². The molecule has 1 aliphatic rings. The molecule has 0 aromatic heterocycles. The van der Waals surface area contributed by atoms with Crippen LogP contribution in [0.5, 0.6) is 11.5 Å². The molecule has 2 aromatic carbocycles. The number of benzene rings is 2. The third-order valence-electron chi connectivity index (χ3n) is 5.26. The predicted molar refractivity (Wildman–Crippen MR) is 103 cm³/mol. The van der Waals surface area contributed by atoms with Gasteiger partial charge < -0.3 is 24.1 Å². The van der Waals surface area contributed by atoms with Crippen LogP contribution in [-0.4, -0.2) is 37.3 Å². The average Bonchev–Trinajstić information content (AvgIpc) is 2.89. The molecule has 1 saturated heterocycles. The summed E-state index contributed by atoms with van der Waals surface area (Å²) in [6.45, 7) is 5.26. The van der Waals surface area contributed by atoms with Crippen molar-refractivity contribution in [3.8, 4) is 11.5 Å². The van der Waals surface area contributed by atoms with E-state index in [0.29, 0.717) is 19.6 Å². The maximum atomic E-state index is 10.1. The second-order valence-corrected chi connectivity index (χ2v) is 7.60. The summed E-state index contributed by atoms with van der Waals surface area (Å²) >= 11 is 0. The molecular formula is C22H28O5. The van der Waals surface area contributed by atoms with Gasteiger partial charge in [-0.3, -0.25) is 0 Å². The Hall–Kier alpha value is -2.08. The average molecular weight is 372 g/mol. The van der Waals surface area contributed by atoms with Crippen LogP contribution in [-0.2, 0) is 16.1 Å². The van der Waals surface area contributed by atoms with Crippen LogP contribution >= 0.6 is 0 Å². The Balaban J connectivity index is 1.68. The molecule has 0 aliphatic carbocycles. The third-order valence-corrected chi connectivity index (χ3v) is 5.26. The van der Waals surface area contributed by atoms with Gasteiger partial charge in [0.1, 0.15) is 23.7 Å². The summed E-state index contributed by atoms with van der Waals surface area (Å²) in [4.78, 5) is 0. The lowest BCUT2D eigenvalue weighted by molar-refractivity contribution is -0.190. The first-order valence-electron chi connectivity index (χ1n) is 9.19. The summed E-state index contributed by atoms with van der Waals surface area (Å²) < 4.78 is 23.1. The molecule has 1 fully saturated rings. The minimum Gasteiger partial charge on any atom is -0.497 e. The molecule has 0 bridgehead atoms. The molecule has 0 radical (unpaired) electrons. The van der Waals surface area contributed by atoms with Gasteiger partial charge in [0.05, 0.1) is 20.3 Å². The molecular weight excluding hydrogens is 344 g/mol. The summed E-state index contributed by atoms with van der Waals surface area (Å²) in [6.07, 6.45) is -0.284. The van der Waals surface area contributed by atoms with Gasteiger partial charge in [-0.1, -0.05) is 44.2 Å². The summed E-state index contributed by atoms with van der Waals surface area (Å²) in [5, 5.41) is 10.1. The van der Waals surface area contributed by atoms with Crippen molar-refractivity contribution in [2.24, 2.45) is 5.41 Å².